The number of piperazine rings is 1. The van der Waals surface area contributed by atoms with Gasteiger partial charge in [-0.05, 0) is 50.4 Å². The average molecular weight is 415 g/mol. The van der Waals surface area contributed by atoms with E-state index in [1.165, 1.54) is 5.69 Å². The summed E-state index contributed by atoms with van der Waals surface area (Å²) in [4.78, 5) is 17.0. The summed E-state index contributed by atoms with van der Waals surface area (Å²) in [5.74, 6) is 0.381. The Balaban J connectivity index is 1.49. The lowest BCUT2D eigenvalue weighted by molar-refractivity contribution is 0.0948. The number of hydrogen-bond donors (Lipinski definition) is 1. The molecule has 0 aliphatic carbocycles. The van der Waals surface area contributed by atoms with Gasteiger partial charge in [0, 0.05) is 54.6 Å². The second kappa shape index (κ2) is 9.02. The van der Waals surface area contributed by atoms with Crippen LogP contribution in [0.25, 0.3) is 22.6 Å². The predicted octanol–water partition coefficient (Wildman–Crippen LogP) is 3.40. The van der Waals surface area contributed by atoms with Gasteiger partial charge in [0.1, 0.15) is 11.7 Å². The van der Waals surface area contributed by atoms with Gasteiger partial charge >= 0.3 is 0 Å². The van der Waals surface area contributed by atoms with Crippen molar-refractivity contribution in [2.45, 2.75) is 13.0 Å². The molecule has 4 rings (SSSR count). The van der Waals surface area contributed by atoms with E-state index in [4.69, 9.17) is 9.78 Å². The van der Waals surface area contributed by atoms with Crippen molar-refractivity contribution in [1.82, 2.24) is 15.4 Å². The minimum Gasteiger partial charge on any atom is -0.369 e. The van der Waals surface area contributed by atoms with Gasteiger partial charge in [-0.2, -0.15) is 5.26 Å². The average Bonchev–Trinajstić information content (AvgIpc) is 3.30. The van der Waals surface area contributed by atoms with Crippen LogP contribution >= 0.6 is 0 Å². The first-order valence-electron chi connectivity index (χ1n) is 10.3. The number of nitriles is 1. The lowest BCUT2D eigenvalue weighted by Crippen LogP contribution is -2.44. The Labute approximate surface area is 181 Å². The molecule has 0 bridgehead atoms. The quantitative estimate of drug-likeness (QED) is 0.687. The number of hydrogen-bond acceptors (Lipinski definition) is 6. The summed E-state index contributed by atoms with van der Waals surface area (Å²) in [5.41, 5.74) is 4.07. The molecule has 0 spiro atoms. The van der Waals surface area contributed by atoms with Crippen LogP contribution in [-0.2, 0) is 0 Å². The van der Waals surface area contributed by atoms with Gasteiger partial charge in [-0.25, -0.2) is 0 Å². The van der Waals surface area contributed by atoms with Crippen LogP contribution in [0.15, 0.2) is 59.1 Å². The lowest BCUT2D eigenvalue weighted by Gasteiger charge is -2.34. The zero-order valence-corrected chi connectivity index (χ0v) is 17.7. The van der Waals surface area contributed by atoms with Crippen molar-refractivity contribution < 1.29 is 9.32 Å². The van der Waals surface area contributed by atoms with Crippen LogP contribution in [0.5, 0.6) is 0 Å². The monoisotopic (exact) mass is 415 g/mol. The molecule has 2 aromatic carbocycles. The first-order valence-corrected chi connectivity index (χ1v) is 10.3. The van der Waals surface area contributed by atoms with E-state index in [0.717, 1.165) is 37.3 Å². The highest BCUT2D eigenvalue weighted by atomic mass is 16.5. The summed E-state index contributed by atoms with van der Waals surface area (Å²) in [6.07, 6.45) is 0. The molecular formula is C24H25N5O2. The molecule has 1 atom stereocenters. The number of carbonyl (C=O) groups is 1. The molecule has 1 aliphatic heterocycles. The Bertz CT molecular complexity index is 1090. The van der Waals surface area contributed by atoms with Crippen LogP contribution in [0, 0.1) is 11.3 Å². The number of carbonyl (C=O) groups excluding carboxylic acids is 1. The summed E-state index contributed by atoms with van der Waals surface area (Å²) in [7, 11) is 2.15. The number of benzene rings is 2. The minimum atomic E-state index is -0.552. The van der Waals surface area contributed by atoms with Gasteiger partial charge in [0.25, 0.3) is 5.91 Å². The van der Waals surface area contributed by atoms with Crippen molar-refractivity contribution in [3.8, 4) is 28.7 Å². The third-order valence-electron chi connectivity index (χ3n) is 5.49. The second-order valence-electron chi connectivity index (χ2n) is 7.82. The number of rotatable bonds is 5. The van der Waals surface area contributed by atoms with Crippen LogP contribution in [0.3, 0.4) is 0 Å². The number of nitrogens with one attached hydrogen (secondary N) is 1. The molecule has 1 aliphatic rings. The Morgan fingerprint density at radius 3 is 2.55 bits per heavy atom. The van der Waals surface area contributed by atoms with E-state index in [9.17, 15) is 4.79 Å². The van der Waals surface area contributed by atoms with E-state index in [-0.39, 0.29) is 5.91 Å². The molecule has 1 N–H and O–H groups in total. The van der Waals surface area contributed by atoms with Crippen molar-refractivity contribution >= 4 is 11.6 Å². The smallest absolute Gasteiger partial charge is 0.252 e. The zero-order chi connectivity index (χ0) is 21.8. The summed E-state index contributed by atoms with van der Waals surface area (Å²) in [6, 6.07) is 18.8. The number of anilines is 1. The first-order chi connectivity index (χ1) is 15.0. The third-order valence-corrected chi connectivity index (χ3v) is 5.49. The molecule has 1 amide bonds. The fraction of sp³-hybridized carbons (Fsp3) is 0.292. The molecule has 0 unspecified atom stereocenters. The molecule has 1 aromatic heterocycles. The normalized spacial score (nSPS) is 15.3. The van der Waals surface area contributed by atoms with Gasteiger partial charge < -0.3 is 19.6 Å². The summed E-state index contributed by atoms with van der Waals surface area (Å²) in [5, 5.41) is 15.7. The molecule has 1 saturated heterocycles. The maximum atomic E-state index is 12.3. The summed E-state index contributed by atoms with van der Waals surface area (Å²) in [6.45, 7) is 5.83. The fourth-order valence-electron chi connectivity index (χ4n) is 3.58. The van der Waals surface area contributed by atoms with Crippen molar-refractivity contribution in [2.24, 2.45) is 0 Å². The lowest BCUT2D eigenvalue weighted by atomic mass is 10.1. The topological polar surface area (TPSA) is 85.4 Å². The molecule has 0 radical (unpaired) electrons. The van der Waals surface area contributed by atoms with Crippen molar-refractivity contribution in [1.29, 1.82) is 5.26 Å². The maximum absolute atomic E-state index is 12.3. The van der Waals surface area contributed by atoms with Gasteiger partial charge in [0.05, 0.1) is 6.07 Å². The van der Waals surface area contributed by atoms with Crippen LogP contribution in [-0.4, -0.2) is 55.2 Å². The van der Waals surface area contributed by atoms with E-state index in [1.54, 1.807) is 25.1 Å². The third kappa shape index (κ3) is 4.76. The zero-order valence-electron chi connectivity index (χ0n) is 17.7. The largest absolute Gasteiger partial charge is 0.369 e. The van der Waals surface area contributed by atoms with Gasteiger partial charge in [-0.15, -0.1) is 0 Å². The number of amides is 1. The van der Waals surface area contributed by atoms with E-state index >= 15 is 0 Å². The van der Waals surface area contributed by atoms with Gasteiger partial charge in [-0.1, -0.05) is 17.3 Å². The van der Waals surface area contributed by atoms with Crippen LogP contribution < -0.4 is 10.2 Å². The highest BCUT2D eigenvalue weighted by Crippen LogP contribution is 2.28. The van der Waals surface area contributed by atoms with E-state index < -0.39 is 6.04 Å². The standard InChI is InChI=1S/C24H25N5O2/c1-17(16-25)26-24(30)20-5-3-4-19(14-20)22-15-23(31-27-22)18-6-8-21(9-7-18)29-12-10-28(2)11-13-29/h3-9,14-15,17H,10-13H2,1-2H3,(H,26,30)/t17-/m1/s1. The maximum Gasteiger partial charge on any atom is 0.252 e. The predicted molar refractivity (Wildman–Crippen MR) is 120 cm³/mol. The highest BCUT2D eigenvalue weighted by Gasteiger charge is 2.16. The second-order valence-corrected chi connectivity index (χ2v) is 7.82. The van der Waals surface area contributed by atoms with Crippen LogP contribution in [0.4, 0.5) is 5.69 Å². The number of likely N-dealkylation sites (N-methyl/N-ethyl adjacent to an activating group) is 1. The van der Waals surface area contributed by atoms with Crippen molar-refractivity contribution in [3.05, 3.63) is 60.2 Å². The Kier molecular flexibility index (Phi) is 6.01. The summed E-state index contributed by atoms with van der Waals surface area (Å²) >= 11 is 0. The van der Waals surface area contributed by atoms with Crippen LogP contribution in [0.1, 0.15) is 17.3 Å². The minimum absolute atomic E-state index is 0.292. The first kappa shape index (κ1) is 20.6. The van der Waals surface area contributed by atoms with Crippen molar-refractivity contribution in [3.63, 3.8) is 0 Å². The summed E-state index contributed by atoms with van der Waals surface area (Å²) < 4.78 is 5.57. The Morgan fingerprint density at radius 2 is 1.84 bits per heavy atom. The molecule has 31 heavy (non-hydrogen) atoms. The molecule has 3 aromatic rings. The van der Waals surface area contributed by atoms with E-state index in [2.05, 4.69) is 39.5 Å². The van der Waals surface area contributed by atoms with Gasteiger partial charge in [-0.3, -0.25) is 4.79 Å². The molecule has 158 valence electrons. The van der Waals surface area contributed by atoms with Crippen LogP contribution in [0.2, 0.25) is 0 Å². The Morgan fingerprint density at radius 1 is 1.10 bits per heavy atom. The molecule has 2 heterocycles. The number of aromatic nitrogens is 1. The molecule has 7 nitrogen and oxygen atoms in total. The fourth-order valence-corrected chi connectivity index (χ4v) is 3.58. The van der Waals surface area contributed by atoms with Gasteiger partial charge in [0.2, 0.25) is 0 Å². The highest BCUT2D eigenvalue weighted by molar-refractivity contribution is 5.95. The molecule has 1 fully saturated rings. The SMILES string of the molecule is C[C@H](C#N)NC(=O)c1cccc(-c2cc(-c3ccc(N4CCN(C)CC4)cc3)on2)c1. The van der Waals surface area contributed by atoms with E-state index in [0.29, 0.717) is 17.0 Å². The van der Waals surface area contributed by atoms with Gasteiger partial charge in [0.15, 0.2) is 5.76 Å². The molecular weight excluding hydrogens is 390 g/mol. The molecule has 7 heteroatoms. The molecule has 0 saturated carbocycles. The Hall–Kier alpha value is -3.63. The van der Waals surface area contributed by atoms with Crippen molar-refractivity contribution in [2.75, 3.05) is 38.1 Å². The number of nitrogens with zero attached hydrogens (tertiary/aromatic N) is 4. The van der Waals surface area contributed by atoms with E-state index in [1.807, 2.05) is 30.3 Å².